The van der Waals surface area contributed by atoms with Gasteiger partial charge in [0.15, 0.2) is 0 Å². The standard InChI is InChI=1S/C34H32ClNO4/c1-2-6-31(27-13-15-29(16-14-27)34(39)36-22-21-32(37)38)33(28-17-19-30(35)20-18-28)40-23-24-9-11-26(12-10-24)25-7-4-3-5-8-25/h3-5,7-9,11,13-20,31,33H,2,6,21-23H2,1H3,(H,36,39)(H,37,38)/t31-,33+/m1/s1. The van der Waals surface area contributed by atoms with Crippen LogP contribution in [0.2, 0.25) is 5.02 Å². The molecule has 40 heavy (non-hydrogen) atoms. The Bertz CT molecular complexity index is 1370. The summed E-state index contributed by atoms with van der Waals surface area (Å²) in [4.78, 5) is 23.2. The molecule has 0 saturated carbocycles. The Morgan fingerprint density at radius 1 is 0.900 bits per heavy atom. The number of ether oxygens (including phenoxy) is 1. The number of nitrogens with one attached hydrogen (secondary N) is 1. The number of rotatable bonds is 13. The van der Waals surface area contributed by atoms with E-state index in [-0.39, 0.29) is 30.9 Å². The monoisotopic (exact) mass is 553 g/mol. The highest BCUT2D eigenvalue weighted by molar-refractivity contribution is 6.30. The van der Waals surface area contributed by atoms with Gasteiger partial charge in [0.1, 0.15) is 0 Å². The van der Waals surface area contributed by atoms with Crippen molar-refractivity contribution in [2.45, 2.75) is 44.8 Å². The van der Waals surface area contributed by atoms with Gasteiger partial charge in [0.2, 0.25) is 0 Å². The average molecular weight is 554 g/mol. The van der Waals surface area contributed by atoms with E-state index in [1.54, 1.807) is 12.1 Å². The van der Waals surface area contributed by atoms with Gasteiger partial charge in [-0.05, 0) is 59.5 Å². The van der Waals surface area contributed by atoms with Crippen molar-refractivity contribution in [3.8, 4) is 11.1 Å². The van der Waals surface area contributed by atoms with Crippen molar-refractivity contribution >= 4 is 23.5 Å². The van der Waals surface area contributed by atoms with Gasteiger partial charge < -0.3 is 15.2 Å². The Hall–Kier alpha value is -4.11. The summed E-state index contributed by atoms with van der Waals surface area (Å²) in [6.45, 7) is 2.59. The van der Waals surface area contributed by atoms with Crippen LogP contribution in [-0.4, -0.2) is 23.5 Å². The van der Waals surface area contributed by atoms with Gasteiger partial charge in [-0.3, -0.25) is 9.59 Å². The molecule has 0 aliphatic carbocycles. The molecule has 5 nitrogen and oxygen atoms in total. The summed E-state index contributed by atoms with van der Waals surface area (Å²) in [5.41, 5.74) is 5.53. The van der Waals surface area contributed by atoms with Crippen LogP contribution in [0.3, 0.4) is 0 Å². The smallest absolute Gasteiger partial charge is 0.305 e. The van der Waals surface area contributed by atoms with Crippen molar-refractivity contribution in [2.24, 2.45) is 0 Å². The van der Waals surface area contributed by atoms with E-state index in [1.807, 2.05) is 78.9 Å². The predicted octanol–water partition coefficient (Wildman–Crippen LogP) is 7.65. The minimum Gasteiger partial charge on any atom is -0.481 e. The van der Waals surface area contributed by atoms with E-state index in [1.165, 1.54) is 0 Å². The minimum absolute atomic E-state index is 0.0304. The molecule has 0 bridgehead atoms. The molecule has 1 amide bonds. The van der Waals surface area contributed by atoms with Crippen molar-refractivity contribution < 1.29 is 19.4 Å². The molecule has 4 rings (SSSR count). The number of hydrogen-bond acceptors (Lipinski definition) is 3. The van der Waals surface area contributed by atoms with Crippen molar-refractivity contribution in [2.75, 3.05) is 6.54 Å². The summed E-state index contributed by atoms with van der Waals surface area (Å²) in [6.07, 6.45) is 1.45. The molecule has 0 aromatic heterocycles. The van der Waals surface area contributed by atoms with Crippen LogP contribution < -0.4 is 5.32 Å². The molecule has 4 aromatic carbocycles. The van der Waals surface area contributed by atoms with Crippen molar-refractivity contribution in [1.82, 2.24) is 5.32 Å². The third-order valence-electron chi connectivity index (χ3n) is 6.70. The number of amides is 1. The van der Waals surface area contributed by atoms with Crippen LogP contribution >= 0.6 is 11.6 Å². The third kappa shape index (κ3) is 7.95. The van der Waals surface area contributed by atoms with E-state index in [0.29, 0.717) is 17.2 Å². The number of aliphatic carboxylic acids is 1. The lowest BCUT2D eigenvalue weighted by Crippen LogP contribution is -2.26. The quantitative estimate of drug-likeness (QED) is 0.178. The molecule has 0 radical (unpaired) electrons. The molecular formula is C34H32ClNO4. The second kappa shape index (κ2) is 14.3. The lowest BCUT2D eigenvalue weighted by Gasteiger charge is -2.28. The number of hydrogen-bond donors (Lipinski definition) is 2. The van der Waals surface area contributed by atoms with E-state index in [4.69, 9.17) is 21.4 Å². The largest absolute Gasteiger partial charge is 0.481 e. The lowest BCUT2D eigenvalue weighted by molar-refractivity contribution is -0.136. The predicted molar refractivity (Wildman–Crippen MR) is 157 cm³/mol. The van der Waals surface area contributed by atoms with Crippen molar-refractivity contribution in [1.29, 1.82) is 0 Å². The molecule has 0 aliphatic rings. The molecule has 2 atom stereocenters. The summed E-state index contributed by atoms with van der Waals surface area (Å²) < 4.78 is 6.59. The molecule has 0 aliphatic heterocycles. The summed E-state index contributed by atoms with van der Waals surface area (Å²) in [5, 5.41) is 12.1. The van der Waals surface area contributed by atoms with Gasteiger partial charge >= 0.3 is 5.97 Å². The molecule has 0 heterocycles. The number of halogens is 1. The van der Waals surface area contributed by atoms with Crippen molar-refractivity contribution in [3.63, 3.8) is 0 Å². The van der Waals surface area contributed by atoms with Gasteiger partial charge in [-0.25, -0.2) is 0 Å². The van der Waals surface area contributed by atoms with Crippen LogP contribution in [0.4, 0.5) is 0 Å². The first-order valence-corrected chi connectivity index (χ1v) is 13.8. The van der Waals surface area contributed by atoms with E-state index < -0.39 is 5.97 Å². The molecule has 0 fully saturated rings. The van der Waals surface area contributed by atoms with Crippen molar-refractivity contribution in [3.05, 3.63) is 130 Å². The van der Waals surface area contributed by atoms with Crippen LogP contribution in [0.15, 0.2) is 91.0 Å². The Morgan fingerprint density at radius 3 is 2.23 bits per heavy atom. The maximum Gasteiger partial charge on any atom is 0.305 e. The van der Waals surface area contributed by atoms with Gasteiger partial charge in [-0.1, -0.05) is 91.7 Å². The Balaban J connectivity index is 1.54. The minimum atomic E-state index is -0.950. The van der Waals surface area contributed by atoms with E-state index in [2.05, 4.69) is 24.4 Å². The number of carbonyl (C=O) groups is 2. The number of benzene rings is 3. The van der Waals surface area contributed by atoms with E-state index in [9.17, 15) is 9.59 Å². The second-order valence-corrected chi connectivity index (χ2v) is 10.0. The maximum absolute atomic E-state index is 12.4. The number of carbonyl (C=O) groups excluding carboxylic acids is 1. The summed E-state index contributed by atoms with van der Waals surface area (Å²) in [7, 11) is 0. The fourth-order valence-corrected chi connectivity index (χ4v) is 4.76. The summed E-state index contributed by atoms with van der Waals surface area (Å²) >= 11 is 6.19. The molecule has 0 spiro atoms. The fourth-order valence-electron chi connectivity index (χ4n) is 4.63. The first-order chi connectivity index (χ1) is 19.4. The van der Waals surface area contributed by atoms with Crippen LogP contribution in [0.1, 0.15) is 65.3 Å². The molecule has 2 N–H and O–H groups in total. The fraction of sp³-hybridized carbons (Fsp3) is 0.235. The van der Waals surface area contributed by atoms with E-state index >= 15 is 0 Å². The lowest BCUT2D eigenvalue weighted by atomic mass is 9.85. The Labute approximate surface area is 240 Å². The zero-order valence-electron chi connectivity index (χ0n) is 22.4. The zero-order chi connectivity index (χ0) is 28.3. The SMILES string of the molecule is CCC[C@H](c1ccc(C(=O)NCCC(=O)O)cc1)[C@@H](OCc1c#cc(-c2ccccc2)cc1)c1ccc(Cl)cc1. The highest BCUT2D eigenvalue weighted by Gasteiger charge is 2.26. The van der Waals surface area contributed by atoms with E-state index in [0.717, 1.165) is 40.7 Å². The molecule has 204 valence electrons. The normalized spacial score (nSPS) is 12.2. The Kier molecular flexibility index (Phi) is 10.3. The van der Waals surface area contributed by atoms with Gasteiger partial charge in [0.25, 0.3) is 5.91 Å². The van der Waals surface area contributed by atoms with Crippen LogP contribution in [0, 0.1) is 12.1 Å². The third-order valence-corrected chi connectivity index (χ3v) is 6.95. The Morgan fingerprint density at radius 2 is 1.60 bits per heavy atom. The molecular weight excluding hydrogens is 522 g/mol. The summed E-state index contributed by atoms with van der Waals surface area (Å²) in [6, 6.07) is 35.8. The highest BCUT2D eigenvalue weighted by atomic mass is 35.5. The van der Waals surface area contributed by atoms with Gasteiger partial charge in [0, 0.05) is 34.2 Å². The molecule has 0 unspecified atom stereocenters. The summed E-state index contributed by atoms with van der Waals surface area (Å²) in [5.74, 6) is -1.21. The van der Waals surface area contributed by atoms with Gasteiger partial charge in [-0.15, -0.1) is 0 Å². The maximum atomic E-state index is 12.4. The molecule has 6 heteroatoms. The molecule has 4 aromatic rings. The van der Waals surface area contributed by atoms with Crippen LogP contribution in [-0.2, 0) is 16.1 Å². The topological polar surface area (TPSA) is 75.6 Å². The van der Waals surface area contributed by atoms with Crippen LogP contribution in [0.25, 0.3) is 11.1 Å². The average Bonchev–Trinajstić information content (AvgIpc) is 2.98. The second-order valence-electron chi connectivity index (χ2n) is 9.59. The van der Waals surface area contributed by atoms with Gasteiger partial charge in [0.05, 0.1) is 19.1 Å². The van der Waals surface area contributed by atoms with Crippen LogP contribution in [0.5, 0.6) is 0 Å². The van der Waals surface area contributed by atoms with Gasteiger partial charge in [-0.2, -0.15) is 0 Å². The molecule has 0 saturated heterocycles. The number of carboxylic acid groups (broad SMARTS) is 1. The highest BCUT2D eigenvalue weighted by Crippen LogP contribution is 2.38. The first-order valence-electron chi connectivity index (χ1n) is 13.4. The number of carboxylic acids is 1. The zero-order valence-corrected chi connectivity index (χ0v) is 23.2. The first kappa shape index (κ1) is 28.9.